The molecule has 0 fully saturated rings. The quantitative estimate of drug-likeness (QED) is 0.424. The SMILES string of the molecule is CCCc1nnc(N2C(=O)c3oc4ccccc4c(=O)c3C2c2ccc(OCC)cc2)s1. The molecule has 1 aliphatic rings. The number of hydrogen-bond donors (Lipinski definition) is 0. The second kappa shape index (κ2) is 8.20. The monoisotopic (exact) mass is 447 g/mol. The zero-order chi connectivity index (χ0) is 22.2. The molecule has 0 saturated carbocycles. The summed E-state index contributed by atoms with van der Waals surface area (Å²) in [7, 11) is 0. The second-order valence-corrected chi connectivity index (χ2v) is 8.52. The normalized spacial score (nSPS) is 15.4. The van der Waals surface area contributed by atoms with Gasteiger partial charge in [0.15, 0.2) is 5.43 Å². The number of carbonyl (C=O) groups excluding carboxylic acids is 1. The van der Waals surface area contributed by atoms with Crippen molar-refractivity contribution in [3.05, 3.63) is 80.6 Å². The number of fused-ring (bicyclic) bond motifs is 2. The van der Waals surface area contributed by atoms with Gasteiger partial charge in [0.1, 0.15) is 16.3 Å². The summed E-state index contributed by atoms with van der Waals surface area (Å²) in [5, 5.41) is 10.3. The largest absolute Gasteiger partial charge is 0.494 e. The predicted molar refractivity (Wildman–Crippen MR) is 123 cm³/mol. The van der Waals surface area contributed by atoms with E-state index in [1.165, 1.54) is 16.2 Å². The van der Waals surface area contributed by atoms with E-state index in [-0.39, 0.29) is 17.1 Å². The summed E-state index contributed by atoms with van der Waals surface area (Å²) >= 11 is 1.36. The first-order valence-electron chi connectivity index (χ1n) is 10.6. The van der Waals surface area contributed by atoms with E-state index >= 15 is 0 Å². The third-order valence-electron chi connectivity index (χ3n) is 5.41. The van der Waals surface area contributed by atoms with E-state index in [1.54, 1.807) is 24.3 Å². The van der Waals surface area contributed by atoms with Crippen LogP contribution in [0.25, 0.3) is 11.0 Å². The first kappa shape index (κ1) is 20.4. The standard InChI is InChI=1S/C24H21N3O4S/c1-3-7-18-25-26-24(32-18)27-20(14-10-12-15(13-11-14)30-4-2)19-21(28)16-8-5-6-9-17(16)31-22(19)23(27)29/h5-6,8-13,20H,3-4,7H2,1-2H3. The Bertz CT molecular complexity index is 1360. The average Bonchev–Trinajstić information content (AvgIpc) is 3.37. The minimum Gasteiger partial charge on any atom is -0.494 e. The molecule has 7 nitrogen and oxygen atoms in total. The van der Waals surface area contributed by atoms with Crippen molar-refractivity contribution in [3.8, 4) is 5.75 Å². The van der Waals surface area contributed by atoms with Crippen molar-refractivity contribution >= 4 is 33.3 Å². The lowest BCUT2D eigenvalue weighted by Crippen LogP contribution is -2.29. The third kappa shape index (κ3) is 3.27. The van der Waals surface area contributed by atoms with Gasteiger partial charge in [-0.1, -0.05) is 42.5 Å². The Hall–Kier alpha value is -3.52. The molecule has 2 aromatic heterocycles. The van der Waals surface area contributed by atoms with Crippen molar-refractivity contribution in [2.45, 2.75) is 32.7 Å². The molecule has 1 atom stereocenters. The first-order chi connectivity index (χ1) is 15.6. The molecule has 1 amide bonds. The fraction of sp³-hybridized carbons (Fsp3) is 0.250. The number of aryl methyl sites for hydroxylation is 1. The molecule has 0 spiro atoms. The molecule has 8 heteroatoms. The van der Waals surface area contributed by atoms with E-state index in [4.69, 9.17) is 9.15 Å². The Balaban J connectivity index is 1.71. The number of hydrogen-bond acceptors (Lipinski definition) is 7. The maximum atomic E-state index is 13.5. The van der Waals surface area contributed by atoms with Crippen molar-refractivity contribution in [2.75, 3.05) is 11.5 Å². The van der Waals surface area contributed by atoms with Gasteiger partial charge < -0.3 is 9.15 Å². The molecule has 0 radical (unpaired) electrons. The van der Waals surface area contributed by atoms with E-state index in [0.717, 1.165) is 29.2 Å². The summed E-state index contributed by atoms with van der Waals surface area (Å²) < 4.78 is 11.5. The molecular weight excluding hydrogens is 426 g/mol. The zero-order valence-corrected chi connectivity index (χ0v) is 18.5. The van der Waals surface area contributed by atoms with Crippen molar-refractivity contribution in [2.24, 2.45) is 0 Å². The summed E-state index contributed by atoms with van der Waals surface area (Å²) in [5.74, 6) is 0.389. The third-order valence-corrected chi connectivity index (χ3v) is 6.39. The van der Waals surface area contributed by atoms with E-state index in [1.807, 2.05) is 31.2 Å². The van der Waals surface area contributed by atoms with Crippen molar-refractivity contribution < 1.29 is 13.9 Å². The van der Waals surface area contributed by atoms with Crippen molar-refractivity contribution in [1.29, 1.82) is 0 Å². The molecular formula is C24H21N3O4S. The van der Waals surface area contributed by atoms with E-state index in [0.29, 0.717) is 28.3 Å². The van der Waals surface area contributed by atoms with Crippen LogP contribution < -0.4 is 15.1 Å². The Morgan fingerprint density at radius 2 is 1.84 bits per heavy atom. The number of benzene rings is 2. The highest BCUT2D eigenvalue weighted by Gasteiger charge is 2.45. The Kier molecular flexibility index (Phi) is 5.22. The van der Waals surface area contributed by atoms with Gasteiger partial charge in [0.2, 0.25) is 10.9 Å². The molecule has 5 rings (SSSR count). The average molecular weight is 448 g/mol. The van der Waals surface area contributed by atoms with Gasteiger partial charge in [-0.05, 0) is 43.2 Å². The number of aromatic nitrogens is 2. The maximum absolute atomic E-state index is 13.5. The second-order valence-electron chi connectivity index (χ2n) is 7.48. The van der Waals surface area contributed by atoms with Crippen LogP contribution in [0, 0.1) is 0 Å². The van der Waals surface area contributed by atoms with Gasteiger partial charge in [0, 0.05) is 6.42 Å². The summed E-state index contributed by atoms with van der Waals surface area (Å²) in [6, 6.07) is 13.7. The first-order valence-corrected chi connectivity index (χ1v) is 11.4. The van der Waals surface area contributed by atoms with Crippen LogP contribution in [0.15, 0.2) is 57.7 Å². The molecule has 2 aromatic carbocycles. The fourth-order valence-electron chi connectivity index (χ4n) is 4.00. The van der Waals surface area contributed by atoms with E-state index in [2.05, 4.69) is 17.1 Å². The van der Waals surface area contributed by atoms with Gasteiger partial charge >= 0.3 is 0 Å². The molecule has 1 unspecified atom stereocenters. The smallest absolute Gasteiger partial charge is 0.297 e. The van der Waals surface area contributed by atoms with Gasteiger partial charge in [0.05, 0.1) is 23.6 Å². The van der Waals surface area contributed by atoms with Crippen LogP contribution in [0.5, 0.6) is 5.75 Å². The topological polar surface area (TPSA) is 85.5 Å². The highest BCUT2D eigenvalue weighted by molar-refractivity contribution is 7.15. The van der Waals surface area contributed by atoms with E-state index < -0.39 is 6.04 Å². The van der Waals surface area contributed by atoms with Crippen LogP contribution in [-0.2, 0) is 6.42 Å². The number of carbonyl (C=O) groups is 1. The van der Waals surface area contributed by atoms with Crippen LogP contribution in [0.4, 0.5) is 5.13 Å². The lowest BCUT2D eigenvalue weighted by Gasteiger charge is -2.22. The molecule has 0 aliphatic carbocycles. The lowest BCUT2D eigenvalue weighted by molar-refractivity contribution is 0.0970. The Labute approximate surface area is 188 Å². The van der Waals surface area contributed by atoms with Gasteiger partial charge in [-0.3, -0.25) is 14.5 Å². The van der Waals surface area contributed by atoms with Crippen molar-refractivity contribution in [3.63, 3.8) is 0 Å². The van der Waals surface area contributed by atoms with Crippen LogP contribution in [-0.4, -0.2) is 22.7 Å². The van der Waals surface area contributed by atoms with Gasteiger partial charge in [-0.2, -0.15) is 0 Å². The molecule has 0 saturated heterocycles. The predicted octanol–water partition coefficient (Wildman–Crippen LogP) is 4.75. The van der Waals surface area contributed by atoms with Crippen LogP contribution in [0.1, 0.15) is 53.0 Å². The number of nitrogens with zero attached hydrogens (tertiary/aromatic N) is 3. The maximum Gasteiger partial charge on any atom is 0.297 e. The highest BCUT2D eigenvalue weighted by atomic mass is 32.1. The Morgan fingerprint density at radius 1 is 1.06 bits per heavy atom. The zero-order valence-electron chi connectivity index (χ0n) is 17.7. The minimum absolute atomic E-state index is 0.0554. The molecule has 162 valence electrons. The molecule has 32 heavy (non-hydrogen) atoms. The summed E-state index contributed by atoms with van der Waals surface area (Å²) in [5.41, 5.74) is 1.27. The Morgan fingerprint density at radius 3 is 2.59 bits per heavy atom. The molecule has 3 heterocycles. The van der Waals surface area contributed by atoms with Crippen LogP contribution in [0.3, 0.4) is 0 Å². The van der Waals surface area contributed by atoms with Gasteiger partial charge in [-0.15, -0.1) is 10.2 Å². The van der Waals surface area contributed by atoms with Crippen LogP contribution in [0.2, 0.25) is 0 Å². The number of rotatable bonds is 6. The number of amides is 1. The molecule has 1 aliphatic heterocycles. The van der Waals surface area contributed by atoms with Crippen molar-refractivity contribution in [1.82, 2.24) is 10.2 Å². The fourth-order valence-corrected chi connectivity index (χ4v) is 4.97. The minimum atomic E-state index is -0.656. The highest BCUT2D eigenvalue weighted by Crippen LogP contribution is 2.42. The summed E-state index contributed by atoms with van der Waals surface area (Å²) in [6.07, 6.45) is 1.71. The molecule has 4 aromatic rings. The summed E-state index contributed by atoms with van der Waals surface area (Å²) in [6.45, 7) is 4.53. The lowest BCUT2D eigenvalue weighted by atomic mass is 9.98. The number of para-hydroxylation sites is 1. The van der Waals surface area contributed by atoms with E-state index in [9.17, 15) is 9.59 Å². The number of anilines is 1. The number of ether oxygens (including phenoxy) is 1. The molecule has 0 bridgehead atoms. The van der Waals surface area contributed by atoms with Crippen LogP contribution >= 0.6 is 11.3 Å². The van der Waals surface area contributed by atoms with Gasteiger partial charge in [-0.25, -0.2) is 0 Å². The molecule has 0 N–H and O–H groups in total. The van der Waals surface area contributed by atoms with Gasteiger partial charge in [0.25, 0.3) is 5.91 Å². The summed E-state index contributed by atoms with van der Waals surface area (Å²) in [4.78, 5) is 28.6.